The summed E-state index contributed by atoms with van der Waals surface area (Å²) in [7, 11) is 0. The van der Waals surface area contributed by atoms with Gasteiger partial charge in [0.1, 0.15) is 6.61 Å². The molecule has 1 fully saturated rings. The van der Waals surface area contributed by atoms with Gasteiger partial charge < -0.3 is 15.2 Å². The maximum atomic E-state index is 11.7. The van der Waals surface area contributed by atoms with Crippen LogP contribution >= 0.6 is 0 Å². The van der Waals surface area contributed by atoms with Gasteiger partial charge in [-0.05, 0) is 6.42 Å². The topological polar surface area (TPSA) is 41.5 Å². The van der Waals surface area contributed by atoms with Gasteiger partial charge in [-0.1, -0.05) is 13.8 Å². The number of halogens is 3. The van der Waals surface area contributed by atoms with Crippen molar-refractivity contribution in [3.63, 3.8) is 0 Å². The minimum absolute atomic E-state index is 0.0299. The normalized spacial score (nSPS) is 28.9. The lowest BCUT2D eigenvalue weighted by atomic mass is 9.64. The Labute approximate surface area is 93.0 Å². The Hall–Kier alpha value is -0.330. The van der Waals surface area contributed by atoms with Crippen molar-refractivity contribution < 1.29 is 23.0 Å². The molecule has 0 spiro atoms. The van der Waals surface area contributed by atoms with E-state index in [4.69, 9.17) is 0 Å². The molecule has 2 unspecified atom stereocenters. The van der Waals surface area contributed by atoms with Gasteiger partial charge in [-0.25, -0.2) is 0 Å². The van der Waals surface area contributed by atoms with Gasteiger partial charge in [0.15, 0.2) is 0 Å². The first-order valence-electron chi connectivity index (χ1n) is 5.29. The maximum absolute atomic E-state index is 11.7. The lowest BCUT2D eigenvalue weighted by molar-refractivity contribution is -0.173. The summed E-state index contributed by atoms with van der Waals surface area (Å²) in [5.74, 6) is 0. The summed E-state index contributed by atoms with van der Waals surface area (Å²) < 4.78 is 39.6. The van der Waals surface area contributed by atoms with Crippen LogP contribution in [0.1, 0.15) is 20.3 Å². The van der Waals surface area contributed by atoms with Gasteiger partial charge in [-0.3, -0.25) is 0 Å². The summed E-state index contributed by atoms with van der Waals surface area (Å²) in [5, 5.41) is 12.5. The largest absolute Gasteiger partial charge is 0.411 e. The van der Waals surface area contributed by atoms with Gasteiger partial charge in [0.2, 0.25) is 0 Å². The number of ether oxygens (including phenoxy) is 1. The van der Waals surface area contributed by atoms with E-state index in [9.17, 15) is 18.3 Å². The smallest absolute Gasteiger partial charge is 0.392 e. The van der Waals surface area contributed by atoms with Crippen molar-refractivity contribution in [2.75, 3.05) is 19.8 Å². The number of nitrogens with one attached hydrogen (secondary N) is 1. The second-order valence-corrected chi connectivity index (χ2v) is 4.75. The Bertz CT molecular complexity index is 231. The summed E-state index contributed by atoms with van der Waals surface area (Å²) in [6.07, 6.45) is -3.95. The van der Waals surface area contributed by atoms with Crippen LogP contribution in [0.2, 0.25) is 0 Å². The van der Waals surface area contributed by atoms with E-state index in [0.29, 0.717) is 13.0 Å². The molecule has 1 aliphatic carbocycles. The van der Waals surface area contributed by atoms with Crippen molar-refractivity contribution in [3.05, 3.63) is 0 Å². The molecule has 0 bridgehead atoms. The lowest BCUT2D eigenvalue weighted by Crippen LogP contribution is -2.60. The van der Waals surface area contributed by atoms with Crippen LogP contribution < -0.4 is 5.32 Å². The first kappa shape index (κ1) is 13.7. The standard InChI is InChI=1S/C10H18F3NO2/c1-9(2)7(5-8(9)15)14-3-4-16-6-10(11,12)13/h7-8,14-15H,3-6H2,1-2H3. The number of alkyl halides is 3. The molecule has 2 atom stereocenters. The fourth-order valence-electron chi connectivity index (χ4n) is 1.74. The number of hydrogen-bond donors (Lipinski definition) is 2. The molecule has 0 aromatic rings. The molecule has 0 heterocycles. The summed E-state index contributed by atoms with van der Waals surface area (Å²) in [5.41, 5.74) is -0.204. The van der Waals surface area contributed by atoms with Crippen LogP contribution in [0.3, 0.4) is 0 Å². The molecule has 0 radical (unpaired) electrons. The maximum Gasteiger partial charge on any atom is 0.411 e. The first-order chi connectivity index (χ1) is 7.23. The average molecular weight is 241 g/mol. The minimum atomic E-state index is -4.26. The highest BCUT2D eigenvalue weighted by molar-refractivity contribution is 5.01. The Morgan fingerprint density at radius 3 is 2.50 bits per heavy atom. The Balaban J connectivity index is 2.05. The first-order valence-corrected chi connectivity index (χ1v) is 5.29. The molecule has 1 saturated carbocycles. The highest BCUT2D eigenvalue weighted by Crippen LogP contribution is 2.40. The SMILES string of the molecule is CC1(C)C(O)CC1NCCOCC(F)(F)F. The van der Waals surface area contributed by atoms with Gasteiger partial charge in [0, 0.05) is 18.0 Å². The van der Waals surface area contributed by atoms with E-state index in [1.54, 1.807) is 0 Å². The highest BCUT2D eigenvalue weighted by Gasteiger charge is 2.46. The van der Waals surface area contributed by atoms with Crippen LogP contribution in [0.4, 0.5) is 13.2 Å². The quantitative estimate of drug-likeness (QED) is 0.713. The summed E-state index contributed by atoms with van der Waals surface area (Å²) in [4.78, 5) is 0. The fourth-order valence-corrected chi connectivity index (χ4v) is 1.74. The van der Waals surface area contributed by atoms with E-state index in [0.717, 1.165) is 0 Å². The van der Waals surface area contributed by atoms with E-state index in [1.807, 2.05) is 13.8 Å². The molecule has 96 valence electrons. The molecule has 0 aromatic heterocycles. The van der Waals surface area contributed by atoms with E-state index >= 15 is 0 Å². The number of aliphatic hydroxyl groups excluding tert-OH is 1. The van der Waals surface area contributed by atoms with Gasteiger partial charge in [-0.15, -0.1) is 0 Å². The molecule has 3 nitrogen and oxygen atoms in total. The molecule has 1 aliphatic rings. The van der Waals surface area contributed by atoms with E-state index in [-0.39, 0.29) is 24.2 Å². The van der Waals surface area contributed by atoms with E-state index in [2.05, 4.69) is 10.1 Å². The summed E-state index contributed by atoms with van der Waals surface area (Å²) in [6, 6.07) is 0.150. The molecule has 16 heavy (non-hydrogen) atoms. The van der Waals surface area contributed by atoms with Gasteiger partial charge >= 0.3 is 6.18 Å². The monoisotopic (exact) mass is 241 g/mol. The van der Waals surface area contributed by atoms with Crippen LogP contribution in [0.5, 0.6) is 0 Å². The van der Waals surface area contributed by atoms with Gasteiger partial charge in [0.05, 0.1) is 12.7 Å². The number of rotatable bonds is 5. The number of aliphatic hydroxyl groups is 1. The third-order valence-corrected chi connectivity index (χ3v) is 3.12. The predicted octanol–water partition coefficient (Wildman–Crippen LogP) is 1.31. The zero-order valence-corrected chi connectivity index (χ0v) is 9.47. The second kappa shape index (κ2) is 4.89. The molecule has 0 saturated heterocycles. The predicted molar refractivity (Wildman–Crippen MR) is 53.1 cm³/mol. The van der Waals surface area contributed by atoms with Crippen molar-refractivity contribution in [2.24, 2.45) is 5.41 Å². The lowest BCUT2D eigenvalue weighted by Gasteiger charge is -2.49. The van der Waals surface area contributed by atoms with Crippen LogP contribution in [-0.2, 0) is 4.74 Å². The Morgan fingerprint density at radius 2 is 2.06 bits per heavy atom. The van der Waals surface area contributed by atoms with E-state index < -0.39 is 12.8 Å². The van der Waals surface area contributed by atoms with Crippen molar-refractivity contribution in [1.82, 2.24) is 5.32 Å². The molecular weight excluding hydrogens is 223 g/mol. The van der Waals surface area contributed by atoms with Crippen molar-refractivity contribution >= 4 is 0 Å². The third kappa shape index (κ3) is 3.61. The highest BCUT2D eigenvalue weighted by atomic mass is 19.4. The van der Waals surface area contributed by atoms with Gasteiger partial charge in [0.25, 0.3) is 0 Å². The summed E-state index contributed by atoms with van der Waals surface area (Å²) in [6.45, 7) is 3.05. The van der Waals surface area contributed by atoms with Crippen molar-refractivity contribution in [3.8, 4) is 0 Å². The fraction of sp³-hybridized carbons (Fsp3) is 1.00. The Morgan fingerprint density at radius 1 is 1.44 bits per heavy atom. The molecular formula is C10H18F3NO2. The van der Waals surface area contributed by atoms with Crippen LogP contribution in [-0.4, -0.2) is 43.2 Å². The van der Waals surface area contributed by atoms with Crippen LogP contribution in [0.15, 0.2) is 0 Å². The van der Waals surface area contributed by atoms with Gasteiger partial charge in [-0.2, -0.15) is 13.2 Å². The minimum Gasteiger partial charge on any atom is -0.392 e. The molecule has 1 rings (SSSR count). The average Bonchev–Trinajstić information content (AvgIpc) is 2.14. The summed E-state index contributed by atoms with van der Waals surface area (Å²) >= 11 is 0. The number of hydrogen-bond acceptors (Lipinski definition) is 3. The van der Waals surface area contributed by atoms with Crippen LogP contribution in [0, 0.1) is 5.41 Å². The Kier molecular flexibility index (Phi) is 4.20. The zero-order valence-electron chi connectivity index (χ0n) is 9.47. The molecule has 0 amide bonds. The van der Waals surface area contributed by atoms with Crippen molar-refractivity contribution in [1.29, 1.82) is 0 Å². The second-order valence-electron chi connectivity index (χ2n) is 4.75. The van der Waals surface area contributed by atoms with Crippen LogP contribution in [0.25, 0.3) is 0 Å². The zero-order chi connectivity index (χ0) is 12.4. The van der Waals surface area contributed by atoms with E-state index in [1.165, 1.54) is 0 Å². The molecule has 0 aliphatic heterocycles. The molecule has 0 aromatic carbocycles. The van der Waals surface area contributed by atoms with Crippen molar-refractivity contribution in [2.45, 2.75) is 38.6 Å². The molecule has 6 heteroatoms. The third-order valence-electron chi connectivity index (χ3n) is 3.12. The molecule has 2 N–H and O–H groups in total.